The van der Waals surface area contributed by atoms with Gasteiger partial charge < -0.3 is 3.87 Å². The molecule has 86 valence electrons. The minimum Gasteiger partial charge on any atom is -0.315 e. The maximum absolute atomic E-state index is 11.5. The second-order valence-corrected chi connectivity index (χ2v) is 11.0. The smallest absolute Gasteiger partial charge is 0.257 e. The van der Waals surface area contributed by atoms with E-state index >= 15 is 0 Å². The SMILES string of the molecule is CCCCS(=O)(=O)O[Si](C)(C)C(C)C. The van der Waals surface area contributed by atoms with Crippen LogP contribution >= 0.6 is 0 Å². The minimum atomic E-state index is -3.28. The van der Waals surface area contributed by atoms with Gasteiger partial charge in [-0.15, -0.1) is 0 Å². The molecule has 0 aromatic heterocycles. The molecule has 0 heterocycles. The highest BCUT2D eigenvalue weighted by Gasteiger charge is 2.32. The van der Waals surface area contributed by atoms with Crippen LogP contribution in [0.1, 0.15) is 33.6 Å². The quantitative estimate of drug-likeness (QED) is 0.668. The maximum atomic E-state index is 11.5. The number of unbranched alkanes of at least 4 members (excludes halogenated alkanes) is 1. The second kappa shape index (κ2) is 5.28. The fourth-order valence-corrected chi connectivity index (χ4v) is 5.15. The van der Waals surface area contributed by atoms with Crippen LogP contribution in [-0.2, 0) is 14.0 Å². The van der Waals surface area contributed by atoms with Gasteiger partial charge >= 0.3 is 0 Å². The molecule has 0 aromatic carbocycles. The lowest BCUT2D eigenvalue weighted by molar-refractivity contribution is 0.473. The first-order chi connectivity index (χ1) is 6.21. The second-order valence-electron chi connectivity index (χ2n) is 4.46. The molecule has 0 saturated carbocycles. The van der Waals surface area contributed by atoms with Gasteiger partial charge in [0.05, 0.1) is 5.75 Å². The summed E-state index contributed by atoms with van der Waals surface area (Å²) in [6.45, 7) is 9.89. The van der Waals surface area contributed by atoms with Gasteiger partial charge in [-0.05, 0) is 25.1 Å². The van der Waals surface area contributed by atoms with Crippen LogP contribution in [-0.4, -0.2) is 22.5 Å². The molecular weight excluding hydrogens is 216 g/mol. The summed E-state index contributed by atoms with van der Waals surface area (Å²) >= 11 is 0. The number of rotatable bonds is 6. The van der Waals surface area contributed by atoms with E-state index in [1.54, 1.807) is 0 Å². The summed E-state index contributed by atoms with van der Waals surface area (Å²) in [6.07, 6.45) is 1.57. The lowest BCUT2D eigenvalue weighted by atomic mass is 10.4. The molecule has 0 N–H and O–H groups in total. The van der Waals surface area contributed by atoms with E-state index in [4.69, 9.17) is 3.87 Å². The summed E-state index contributed by atoms with van der Waals surface area (Å²) in [6, 6.07) is 0. The fraction of sp³-hybridized carbons (Fsp3) is 1.00. The van der Waals surface area contributed by atoms with Gasteiger partial charge in [-0.1, -0.05) is 27.2 Å². The highest BCUT2D eigenvalue weighted by atomic mass is 32.2. The van der Waals surface area contributed by atoms with Gasteiger partial charge in [0.2, 0.25) is 8.32 Å². The normalized spacial score (nSPS) is 13.6. The van der Waals surface area contributed by atoms with Crippen LogP contribution < -0.4 is 0 Å². The van der Waals surface area contributed by atoms with Crippen molar-refractivity contribution >= 4 is 18.4 Å². The zero-order chi connectivity index (χ0) is 11.4. The van der Waals surface area contributed by atoms with Gasteiger partial charge in [-0.25, -0.2) is 8.42 Å². The Bertz CT molecular complexity index is 257. The van der Waals surface area contributed by atoms with E-state index in [0.717, 1.165) is 6.42 Å². The van der Waals surface area contributed by atoms with Crippen molar-refractivity contribution in [2.75, 3.05) is 5.75 Å². The molecule has 0 aliphatic carbocycles. The van der Waals surface area contributed by atoms with Crippen LogP contribution in [0.3, 0.4) is 0 Å². The molecule has 0 unspecified atom stereocenters. The topological polar surface area (TPSA) is 43.4 Å². The molecule has 0 aromatic rings. The molecule has 3 nitrogen and oxygen atoms in total. The molecule has 0 rings (SSSR count). The number of hydrogen-bond acceptors (Lipinski definition) is 3. The Hall–Kier alpha value is 0.127. The predicted octanol–water partition coefficient (Wildman–Crippen LogP) is 2.75. The summed E-state index contributed by atoms with van der Waals surface area (Å²) in [5.74, 6) is 0.159. The molecule has 0 radical (unpaired) electrons. The molecule has 0 amide bonds. The lowest BCUT2D eigenvalue weighted by Gasteiger charge is -2.25. The molecular formula is C9H22O3SSi. The predicted molar refractivity (Wildman–Crippen MR) is 62.4 cm³/mol. The highest BCUT2D eigenvalue weighted by Crippen LogP contribution is 2.23. The van der Waals surface area contributed by atoms with Crippen molar-refractivity contribution in [2.24, 2.45) is 0 Å². The standard InChI is InChI=1S/C9H22O3SSi/c1-6-7-8-13(10,11)12-14(4,5)9(2)3/h9H,6-8H2,1-5H3. The summed E-state index contributed by atoms with van der Waals surface area (Å²) in [4.78, 5) is 0. The Balaban J connectivity index is 4.36. The van der Waals surface area contributed by atoms with E-state index < -0.39 is 18.4 Å². The summed E-state index contributed by atoms with van der Waals surface area (Å²) < 4.78 is 28.3. The maximum Gasteiger partial charge on any atom is 0.257 e. The van der Waals surface area contributed by atoms with Crippen molar-refractivity contribution in [3.63, 3.8) is 0 Å². The molecule has 0 saturated heterocycles. The Labute approximate surface area is 89.1 Å². The van der Waals surface area contributed by atoms with Gasteiger partial charge in [0.25, 0.3) is 10.1 Å². The minimum absolute atomic E-state index is 0.159. The highest BCUT2D eigenvalue weighted by molar-refractivity contribution is 7.87. The van der Waals surface area contributed by atoms with E-state index in [9.17, 15) is 8.42 Å². The fourth-order valence-electron chi connectivity index (χ4n) is 0.786. The van der Waals surface area contributed by atoms with Crippen LogP contribution in [0.15, 0.2) is 0 Å². The molecule has 0 atom stereocenters. The van der Waals surface area contributed by atoms with Crippen molar-refractivity contribution in [3.8, 4) is 0 Å². The first-order valence-electron chi connectivity index (χ1n) is 5.14. The Morgan fingerprint density at radius 2 is 1.79 bits per heavy atom. The van der Waals surface area contributed by atoms with Crippen molar-refractivity contribution in [1.29, 1.82) is 0 Å². The van der Waals surface area contributed by atoms with E-state index in [1.807, 2.05) is 33.9 Å². The zero-order valence-electron chi connectivity index (χ0n) is 9.83. The molecule has 0 aliphatic rings. The number of hydrogen-bond donors (Lipinski definition) is 0. The van der Waals surface area contributed by atoms with Gasteiger partial charge in [0.1, 0.15) is 0 Å². The first-order valence-corrected chi connectivity index (χ1v) is 9.71. The van der Waals surface area contributed by atoms with Crippen LogP contribution in [0.25, 0.3) is 0 Å². The zero-order valence-corrected chi connectivity index (χ0v) is 11.6. The van der Waals surface area contributed by atoms with Crippen molar-refractivity contribution in [1.82, 2.24) is 0 Å². The molecule has 0 bridgehead atoms. The lowest BCUT2D eigenvalue weighted by Crippen LogP contribution is -2.37. The van der Waals surface area contributed by atoms with Crippen LogP contribution in [0.4, 0.5) is 0 Å². The molecule has 14 heavy (non-hydrogen) atoms. The van der Waals surface area contributed by atoms with E-state index in [1.165, 1.54) is 0 Å². The van der Waals surface area contributed by atoms with Gasteiger partial charge in [-0.2, -0.15) is 0 Å². The third kappa shape index (κ3) is 5.12. The van der Waals surface area contributed by atoms with Crippen LogP contribution in [0.2, 0.25) is 18.6 Å². The third-order valence-electron chi connectivity index (χ3n) is 2.48. The molecule has 0 spiro atoms. The average molecular weight is 238 g/mol. The average Bonchev–Trinajstić information content (AvgIpc) is 1.99. The van der Waals surface area contributed by atoms with Crippen molar-refractivity contribution < 1.29 is 12.3 Å². The summed E-state index contributed by atoms with van der Waals surface area (Å²) in [5, 5.41) is 0. The summed E-state index contributed by atoms with van der Waals surface area (Å²) in [5.41, 5.74) is 0.318. The molecule has 5 heteroatoms. The Kier molecular flexibility index (Phi) is 5.32. The van der Waals surface area contributed by atoms with E-state index in [0.29, 0.717) is 12.0 Å². The van der Waals surface area contributed by atoms with Crippen LogP contribution in [0.5, 0.6) is 0 Å². The Morgan fingerprint density at radius 3 is 2.14 bits per heavy atom. The van der Waals surface area contributed by atoms with Gasteiger partial charge in [0, 0.05) is 0 Å². The van der Waals surface area contributed by atoms with Crippen molar-refractivity contribution in [3.05, 3.63) is 0 Å². The van der Waals surface area contributed by atoms with Gasteiger partial charge in [-0.3, -0.25) is 0 Å². The van der Waals surface area contributed by atoms with Crippen molar-refractivity contribution in [2.45, 2.75) is 52.2 Å². The molecule has 0 aliphatic heterocycles. The van der Waals surface area contributed by atoms with Gasteiger partial charge in [0.15, 0.2) is 0 Å². The Morgan fingerprint density at radius 1 is 1.29 bits per heavy atom. The third-order valence-corrected chi connectivity index (χ3v) is 8.78. The van der Waals surface area contributed by atoms with E-state index in [2.05, 4.69) is 0 Å². The van der Waals surface area contributed by atoms with E-state index in [-0.39, 0.29) is 5.75 Å². The monoisotopic (exact) mass is 238 g/mol. The first kappa shape index (κ1) is 14.1. The largest absolute Gasteiger partial charge is 0.315 e. The summed E-state index contributed by atoms with van der Waals surface area (Å²) in [7, 11) is -5.34. The molecule has 0 fully saturated rings. The van der Waals surface area contributed by atoms with Crippen LogP contribution in [0, 0.1) is 0 Å².